The van der Waals surface area contributed by atoms with E-state index in [-0.39, 0.29) is 17.8 Å². The molecule has 5 rings (SSSR count). The van der Waals surface area contributed by atoms with Gasteiger partial charge in [0.1, 0.15) is 11.6 Å². The number of nitrogens with zero attached hydrogens (tertiary/aromatic N) is 4. The Morgan fingerprint density at radius 3 is 2.64 bits per heavy atom. The molecule has 3 heterocycles. The molecular weight excluding hydrogens is 566 g/mol. The van der Waals surface area contributed by atoms with Gasteiger partial charge >= 0.3 is 5.97 Å². The maximum absolute atomic E-state index is 14.9. The minimum absolute atomic E-state index is 0.0797. The number of hydrogen-bond acceptors (Lipinski definition) is 7. The summed E-state index contributed by atoms with van der Waals surface area (Å²) in [5, 5.41) is 3.00. The monoisotopic (exact) mass is 608 g/mol. The number of carbonyl (C=O) groups excluding carboxylic acids is 2. The second-order valence-corrected chi connectivity index (χ2v) is 11.8. The standard InChI is InChI=1S/C33H42F2N6O3/c1-3-44-32(43)23-9-14-40(15-10-23)30-17-22(2)5-6-24(30)19-41-16-12-37-33(41)38-31(42)28-21-39(13-4-11-36)20-27(28)26-8-7-25(34)18-29(26)35/h5-8,12,16-18,23,27-28H,3-4,9-11,13-15,19-21,36H2,1-2H3,(H,37,38,42)/t27-,28+/m0/s1. The molecule has 2 aromatic carbocycles. The van der Waals surface area contributed by atoms with Crippen molar-refractivity contribution in [1.82, 2.24) is 14.5 Å². The van der Waals surface area contributed by atoms with Crippen LogP contribution >= 0.6 is 0 Å². The van der Waals surface area contributed by atoms with Crippen molar-refractivity contribution in [2.75, 3.05) is 56.1 Å². The fraction of sp³-hybridized carbons (Fsp3) is 0.485. The van der Waals surface area contributed by atoms with Crippen LogP contribution in [0.1, 0.15) is 48.8 Å². The predicted octanol–water partition coefficient (Wildman–Crippen LogP) is 4.30. The van der Waals surface area contributed by atoms with Crippen LogP contribution < -0.4 is 16.0 Å². The van der Waals surface area contributed by atoms with Crippen LogP contribution in [0.4, 0.5) is 20.4 Å². The van der Waals surface area contributed by atoms with Crippen molar-refractivity contribution >= 4 is 23.5 Å². The maximum Gasteiger partial charge on any atom is 0.309 e. The molecule has 0 bridgehead atoms. The fourth-order valence-corrected chi connectivity index (χ4v) is 6.43. The van der Waals surface area contributed by atoms with E-state index in [0.717, 1.165) is 55.2 Å². The van der Waals surface area contributed by atoms with Crippen LogP contribution in [0, 0.1) is 30.4 Å². The topological polar surface area (TPSA) is 106 Å². The smallest absolute Gasteiger partial charge is 0.309 e. The molecular formula is C33H42F2N6O3. The molecule has 44 heavy (non-hydrogen) atoms. The van der Waals surface area contributed by atoms with Crippen LogP contribution in [0.25, 0.3) is 0 Å². The van der Waals surface area contributed by atoms with E-state index >= 15 is 0 Å². The van der Waals surface area contributed by atoms with E-state index in [2.05, 4.69) is 45.2 Å². The van der Waals surface area contributed by atoms with Crippen LogP contribution in [0.5, 0.6) is 0 Å². The van der Waals surface area contributed by atoms with E-state index in [1.165, 1.54) is 12.1 Å². The van der Waals surface area contributed by atoms with Gasteiger partial charge in [-0.3, -0.25) is 14.9 Å². The number of benzene rings is 2. The molecule has 2 aliphatic heterocycles. The average Bonchev–Trinajstić information content (AvgIpc) is 3.64. The molecule has 2 aliphatic rings. The Bertz CT molecular complexity index is 1460. The maximum atomic E-state index is 14.9. The average molecular weight is 609 g/mol. The summed E-state index contributed by atoms with van der Waals surface area (Å²) in [6.07, 6.45) is 5.70. The molecule has 11 heteroatoms. The molecule has 0 radical (unpaired) electrons. The van der Waals surface area contributed by atoms with Gasteiger partial charge in [-0.1, -0.05) is 18.2 Å². The molecule has 9 nitrogen and oxygen atoms in total. The lowest BCUT2D eigenvalue weighted by Gasteiger charge is -2.34. The summed E-state index contributed by atoms with van der Waals surface area (Å²) in [6.45, 7) is 8.38. The number of esters is 1. The summed E-state index contributed by atoms with van der Waals surface area (Å²) >= 11 is 0. The van der Waals surface area contributed by atoms with Crippen molar-refractivity contribution in [3.63, 3.8) is 0 Å². The van der Waals surface area contributed by atoms with E-state index in [1.54, 1.807) is 6.20 Å². The van der Waals surface area contributed by atoms with E-state index < -0.39 is 23.5 Å². The van der Waals surface area contributed by atoms with E-state index in [4.69, 9.17) is 10.5 Å². The third-order valence-electron chi connectivity index (χ3n) is 8.76. The Kier molecular flexibility index (Phi) is 10.3. The van der Waals surface area contributed by atoms with Gasteiger partial charge in [-0.25, -0.2) is 13.8 Å². The quantitative estimate of drug-likeness (QED) is 0.313. The van der Waals surface area contributed by atoms with Gasteiger partial charge in [-0.15, -0.1) is 0 Å². The third-order valence-corrected chi connectivity index (χ3v) is 8.76. The highest BCUT2D eigenvalue weighted by molar-refractivity contribution is 5.92. The fourth-order valence-electron chi connectivity index (χ4n) is 6.43. The highest BCUT2D eigenvalue weighted by atomic mass is 19.1. The number of nitrogens with two attached hydrogens (primary N) is 1. The molecule has 0 aliphatic carbocycles. The first-order valence-electron chi connectivity index (χ1n) is 15.5. The third kappa shape index (κ3) is 7.27. The lowest BCUT2D eigenvalue weighted by atomic mass is 9.88. The number of piperidine rings is 1. The molecule has 2 atom stereocenters. The molecule has 2 fully saturated rings. The normalized spacial score (nSPS) is 19.3. The Morgan fingerprint density at radius 1 is 1.11 bits per heavy atom. The Hall–Kier alpha value is -3.83. The van der Waals surface area contributed by atoms with Crippen LogP contribution in [-0.4, -0.2) is 72.2 Å². The number of ether oxygens (including phenoxy) is 1. The van der Waals surface area contributed by atoms with Gasteiger partial charge in [0, 0.05) is 56.2 Å². The predicted molar refractivity (Wildman–Crippen MR) is 165 cm³/mol. The van der Waals surface area contributed by atoms with Crippen molar-refractivity contribution in [3.05, 3.63) is 77.1 Å². The first kappa shape index (κ1) is 31.6. The summed E-state index contributed by atoms with van der Waals surface area (Å²) in [6, 6.07) is 9.87. The number of anilines is 2. The van der Waals surface area contributed by atoms with Crippen LogP contribution in [0.3, 0.4) is 0 Å². The van der Waals surface area contributed by atoms with Gasteiger partial charge in [-0.05, 0) is 75.0 Å². The first-order chi connectivity index (χ1) is 21.3. The zero-order chi connectivity index (χ0) is 31.2. The largest absolute Gasteiger partial charge is 0.466 e. The van der Waals surface area contributed by atoms with E-state index in [9.17, 15) is 18.4 Å². The number of nitrogens with one attached hydrogen (secondary N) is 1. The van der Waals surface area contributed by atoms with Crippen LogP contribution in [-0.2, 0) is 20.9 Å². The first-order valence-corrected chi connectivity index (χ1v) is 15.5. The van der Waals surface area contributed by atoms with E-state index in [0.29, 0.717) is 50.8 Å². The van der Waals surface area contributed by atoms with Crippen molar-refractivity contribution in [2.24, 2.45) is 17.6 Å². The Balaban J connectivity index is 1.31. The van der Waals surface area contributed by atoms with Crippen molar-refractivity contribution in [3.8, 4) is 0 Å². The number of amides is 1. The van der Waals surface area contributed by atoms with Gasteiger partial charge in [0.2, 0.25) is 11.9 Å². The molecule has 3 N–H and O–H groups in total. The van der Waals surface area contributed by atoms with Gasteiger partial charge < -0.3 is 24.8 Å². The van der Waals surface area contributed by atoms with E-state index in [1.807, 2.05) is 17.7 Å². The minimum Gasteiger partial charge on any atom is -0.466 e. The van der Waals surface area contributed by atoms with Crippen LogP contribution in [0.2, 0.25) is 0 Å². The van der Waals surface area contributed by atoms with Gasteiger partial charge in [-0.2, -0.15) is 0 Å². The second-order valence-electron chi connectivity index (χ2n) is 11.8. The lowest BCUT2D eigenvalue weighted by molar-refractivity contribution is -0.148. The number of likely N-dealkylation sites (tertiary alicyclic amines) is 1. The Labute approximate surface area is 257 Å². The van der Waals surface area contributed by atoms with Crippen molar-refractivity contribution < 1.29 is 23.1 Å². The second kappa shape index (κ2) is 14.3. The molecule has 3 aromatic rings. The molecule has 1 aromatic heterocycles. The van der Waals surface area contributed by atoms with Crippen molar-refractivity contribution in [1.29, 1.82) is 0 Å². The zero-order valence-electron chi connectivity index (χ0n) is 25.5. The number of aromatic nitrogens is 2. The molecule has 0 saturated carbocycles. The lowest BCUT2D eigenvalue weighted by Crippen LogP contribution is -2.37. The van der Waals surface area contributed by atoms with Gasteiger partial charge in [0.25, 0.3) is 0 Å². The number of aryl methyl sites for hydroxylation is 1. The summed E-state index contributed by atoms with van der Waals surface area (Å²) in [5.74, 6) is -2.33. The highest BCUT2D eigenvalue weighted by Crippen LogP contribution is 2.35. The number of imidazole rings is 1. The Morgan fingerprint density at radius 2 is 1.91 bits per heavy atom. The summed E-state index contributed by atoms with van der Waals surface area (Å²) in [7, 11) is 0. The molecule has 236 valence electrons. The number of carbonyl (C=O) groups is 2. The number of rotatable bonds is 11. The summed E-state index contributed by atoms with van der Waals surface area (Å²) in [4.78, 5) is 34.9. The highest BCUT2D eigenvalue weighted by Gasteiger charge is 2.40. The zero-order valence-corrected chi connectivity index (χ0v) is 25.5. The minimum atomic E-state index is -0.647. The van der Waals surface area contributed by atoms with Crippen molar-refractivity contribution in [2.45, 2.75) is 45.6 Å². The summed E-state index contributed by atoms with van der Waals surface area (Å²) in [5.41, 5.74) is 9.34. The molecule has 0 spiro atoms. The number of hydrogen-bond donors (Lipinski definition) is 2. The van der Waals surface area contributed by atoms with Gasteiger partial charge in [0.15, 0.2) is 0 Å². The van der Waals surface area contributed by atoms with Gasteiger partial charge in [0.05, 0.1) is 25.0 Å². The SMILES string of the molecule is CCOC(=O)C1CCN(c2cc(C)ccc2Cn2ccnc2NC(=O)[C@@H]2CN(CCCN)C[C@H]2c2ccc(F)cc2F)CC1. The molecule has 0 unspecified atom stereocenters. The molecule has 2 saturated heterocycles. The number of halogens is 2. The van der Waals surface area contributed by atoms with Crippen LogP contribution in [0.15, 0.2) is 48.8 Å². The molecule has 1 amide bonds. The summed E-state index contributed by atoms with van der Waals surface area (Å²) < 4.78 is 35.7.